The summed E-state index contributed by atoms with van der Waals surface area (Å²) in [5.74, 6) is -6.35. The fourth-order valence-corrected chi connectivity index (χ4v) is 2.91. The van der Waals surface area contributed by atoms with Gasteiger partial charge < -0.3 is 24.4 Å². The van der Waals surface area contributed by atoms with Gasteiger partial charge in [-0.3, -0.25) is 0 Å². The summed E-state index contributed by atoms with van der Waals surface area (Å²) in [6.45, 7) is 2.88. The summed E-state index contributed by atoms with van der Waals surface area (Å²) in [5, 5.41) is 22.3. The standard InChI is InChI=1S/C14H18O7S.2K.Na/c1-3-11(12(14(17)18)8(2)13(15)16)9-4-6-10(7-5-9)22(19,20)21;;;/h4-8,11-12H,3H2,1-2H3,(H,15,16)(H,17,18)(H,19,20,21);;;/q;3*+1/p-3. The molecule has 0 heterocycles. The molecule has 0 amide bonds. The van der Waals surface area contributed by atoms with E-state index in [9.17, 15) is 32.8 Å². The van der Waals surface area contributed by atoms with E-state index in [1.165, 1.54) is 19.1 Å². The predicted molar refractivity (Wildman–Crippen MR) is 70.1 cm³/mol. The number of aliphatic carboxylic acids is 2. The van der Waals surface area contributed by atoms with Crippen molar-refractivity contribution in [2.75, 3.05) is 0 Å². The van der Waals surface area contributed by atoms with E-state index in [2.05, 4.69) is 0 Å². The minimum atomic E-state index is -4.60. The SMILES string of the molecule is CCC(c1ccc(S(=O)(=O)[O-])cc1)C(C(=O)[O-])C(C)C(=O)[O-].[K+].[K+].[Na+]. The van der Waals surface area contributed by atoms with Gasteiger partial charge >= 0.3 is 132 Å². The second-order valence-electron chi connectivity index (χ2n) is 4.99. The molecule has 0 saturated carbocycles. The maximum Gasteiger partial charge on any atom is 1.00 e. The van der Waals surface area contributed by atoms with Crippen LogP contribution in [-0.4, -0.2) is 24.9 Å². The molecule has 0 bridgehead atoms. The minimum absolute atomic E-state index is 0. The Kier molecular flexibility index (Phi) is 18.4. The van der Waals surface area contributed by atoms with E-state index in [4.69, 9.17) is 0 Å². The van der Waals surface area contributed by atoms with Crippen LogP contribution in [0.1, 0.15) is 31.7 Å². The zero-order chi connectivity index (χ0) is 17.1. The van der Waals surface area contributed by atoms with Crippen LogP contribution in [0.25, 0.3) is 0 Å². The van der Waals surface area contributed by atoms with Crippen molar-refractivity contribution in [1.82, 2.24) is 0 Å². The molecule has 0 aliphatic rings. The van der Waals surface area contributed by atoms with Crippen molar-refractivity contribution in [3.8, 4) is 0 Å². The second kappa shape index (κ2) is 14.3. The second-order valence-corrected chi connectivity index (χ2v) is 6.37. The molecule has 0 spiro atoms. The van der Waals surface area contributed by atoms with E-state index in [0.29, 0.717) is 12.0 Å². The van der Waals surface area contributed by atoms with Gasteiger partial charge in [-0.25, -0.2) is 8.42 Å². The Morgan fingerprint density at radius 1 is 1.04 bits per heavy atom. The van der Waals surface area contributed by atoms with Gasteiger partial charge in [-0.05, 0) is 30.0 Å². The Morgan fingerprint density at radius 3 is 1.76 bits per heavy atom. The molecule has 122 valence electrons. The number of carbonyl (C=O) groups is 2. The van der Waals surface area contributed by atoms with Gasteiger partial charge in [0.05, 0.1) is 4.90 Å². The zero-order valence-electron chi connectivity index (χ0n) is 15.0. The predicted octanol–water partition coefficient (Wildman–Crippen LogP) is -10.2. The van der Waals surface area contributed by atoms with Crippen molar-refractivity contribution >= 4 is 22.1 Å². The van der Waals surface area contributed by atoms with Gasteiger partial charge in [0.25, 0.3) is 0 Å². The van der Waals surface area contributed by atoms with Crippen molar-refractivity contribution < 1.29 is 165 Å². The Balaban J connectivity index is -0.00000161. The van der Waals surface area contributed by atoms with Gasteiger partial charge in [0.1, 0.15) is 10.1 Å². The zero-order valence-corrected chi connectivity index (χ0v) is 24.1. The minimum Gasteiger partial charge on any atom is -0.744 e. The van der Waals surface area contributed by atoms with Crippen LogP contribution in [0.3, 0.4) is 0 Å². The van der Waals surface area contributed by atoms with Crippen LogP contribution in [-0.2, 0) is 19.7 Å². The third-order valence-electron chi connectivity index (χ3n) is 3.65. The first-order valence-electron chi connectivity index (χ1n) is 6.57. The van der Waals surface area contributed by atoms with Crippen LogP contribution in [0.15, 0.2) is 29.2 Å². The van der Waals surface area contributed by atoms with Crippen LogP contribution in [0.2, 0.25) is 0 Å². The maximum atomic E-state index is 11.3. The molecule has 1 aromatic rings. The molecule has 0 aromatic heterocycles. The average Bonchev–Trinajstić information content (AvgIpc) is 2.42. The van der Waals surface area contributed by atoms with Crippen LogP contribution in [0, 0.1) is 11.8 Å². The summed E-state index contributed by atoms with van der Waals surface area (Å²) in [7, 11) is -4.60. The van der Waals surface area contributed by atoms with Crippen molar-refractivity contribution in [3.05, 3.63) is 29.8 Å². The summed E-state index contributed by atoms with van der Waals surface area (Å²) in [6, 6.07) is 4.74. The van der Waals surface area contributed by atoms with Gasteiger partial charge in [-0.1, -0.05) is 26.0 Å². The molecule has 1 rings (SSSR count). The monoisotopic (exact) mass is 428 g/mol. The third-order valence-corrected chi connectivity index (χ3v) is 4.50. The van der Waals surface area contributed by atoms with Gasteiger partial charge in [0.15, 0.2) is 0 Å². The average molecular weight is 429 g/mol. The van der Waals surface area contributed by atoms with Crippen LogP contribution in [0.4, 0.5) is 0 Å². The van der Waals surface area contributed by atoms with Crippen LogP contribution >= 0.6 is 0 Å². The Morgan fingerprint density at radius 2 is 1.48 bits per heavy atom. The van der Waals surface area contributed by atoms with E-state index in [1.54, 1.807) is 6.92 Å². The van der Waals surface area contributed by atoms with E-state index < -0.39 is 44.7 Å². The Hall–Kier alpha value is 2.34. The molecule has 3 atom stereocenters. The molecular weight excluding hydrogens is 413 g/mol. The normalized spacial score (nSPS) is 13.9. The van der Waals surface area contributed by atoms with Crippen molar-refractivity contribution in [3.63, 3.8) is 0 Å². The molecular formula is C14H15K2NaO7S. The number of hydrogen-bond acceptors (Lipinski definition) is 7. The van der Waals surface area contributed by atoms with E-state index in [-0.39, 0.29) is 132 Å². The Labute approximate surface area is 254 Å². The van der Waals surface area contributed by atoms with Crippen molar-refractivity contribution in [2.45, 2.75) is 31.1 Å². The summed E-state index contributed by atoms with van der Waals surface area (Å²) >= 11 is 0. The first-order valence-corrected chi connectivity index (χ1v) is 7.98. The molecule has 11 heteroatoms. The fourth-order valence-electron chi connectivity index (χ4n) is 2.44. The number of benzene rings is 1. The molecule has 0 aliphatic carbocycles. The number of carboxylic acids is 2. The third kappa shape index (κ3) is 9.59. The molecule has 0 radical (unpaired) electrons. The molecule has 0 aliphatic heterocycles. The number of carbonyl (C=O) groups excluding carboxylic acids is 2. The first-order chi connectivity index (χ1) is 10.1. The molecule has 0 saturated heterocycles. The van der Waals surface area contributed by atoms with Gasteiger partial charge in [-0.15, -0.1) is 0 Å². The molecule has 3 unspecified atom stereocenters. The van der Waals surface area contributed by atoms with Gasteiger partial charge in [-0.2, -0.15) is 0 Å². The number of carboxylic acid groups (broad SMARTS) is 2. The molecule has 1 aromatic carbocycles. The maximum absolute atomic E-state index is 11.3. The summed E-state index contributed by atoms with van der Waals surface area (Å²) in [4.78, 5) is 21.8. The fraction of sp³-hybridized carbons (Fsp3) is 0.429. The van der Waals surface area contributed by atoms with E-state index in [1.807, 2.05) is 0 Å². The smallest absolute Gasteiger partial charge is 0.744 e. The van der Waals surface area contributed by atoms with Gasteiger partial charge in [0.2, 0.25) is 0 Å². The quantitative estimate of drug-likeness (QED) is 0.310. The summed E-state index contributed by atoms with van der Waals surface area (Å²) < 4.78 is 32.6. The summed E-state index contributed by atoms with van der Waals surface area (Å²) in [5.41, 5.74) is 0.414. The van der Waals surface area contributed by atoms with E-state index >= 15 is 0 Å². The van der Waals surface area contributed by atoms with Crippen LogP contribution in [0.5, 0.6) is 0 Å². The largest absolute Gasteiger partial charge is 1.00 e. The molecule has 7 nitrogen and oxygen atoms in total. The first kappa shape index (κ1) is 32.0. The topological polar surface area (TPSA) is 137 Å². The number of hydrogen-bond donors (Lipinski definition) is 0. The molecule has 0 N–H and O–H groups in total. The van der Waals surface area contributed by atoms with Gasteiger partial charge in [0, 0.05) is 23.8 Å². The van der Waals surface area contributed by atoms with Crippen molar-refractivity contribution in [1.29, 1.82) is 0 Å². The Bertz CT molecular complexity index is 664. The van der Waals surface area contributed by atoms with Crippen molar-refractivity contribution in [2.24, 2.45) is 11.8 Å². The van der Waals surface area contributed by atoms with E-state index in [0.717, 1.165) is 12.1 Å². The number of rotatable bonds is 7. The summed E-state index contributed by atoms with van der Waals surface area (Å²) in [6.07, 6.45) is 0.291. The van der Waals surface area contributed by atoms with Crippen LogP contribution < -0.4 is 143 Å². The molecule has 25 heavy (non-hydrogen) atoms. The molecule has 0 fully saturated rings.